The Morgan fingerprint density at radius 1 is 1.52 bits per heavy atom. The van der Waals surface area contributed by atoms with Gasteiger partial charge in [0.1, 0.15) is 12.3 Å². The molecule has 0 fully saturated rings. The molecule has 0 spiro atoms. The smallest absolute Gasteiger partial charge is 0.404 e. The third-order valence-electron chi connectivity index (χ3n) is 2.28. The molecule has 1 aromatic heterocycles. The van der Waals surface area contributed by atoms with Crippen molar-refractivity contribution in [3.63, 3.8) is 0 Å². The molecule has 7 nitrogen and oxygen atoms in total. The minimum atomic E-state index is -0.986. The van der Waals surface area contributed by atoms with Gasteiger partial charge < -0.3 is 15.8 Å². The normalized spacial score (nSPS) is 12.1. The van der Waals surface area contributed by atoms with E-state index in [1.54, 1.807) is 0 Å². The number of carbonyl (C=O) groups is 2. The van der Waals surface area contributed by atoms with E-state index in [4.69, 9.17) is 5.73 Å². The number of ether oxygens (including phenoxy) is 1. The van der Waals surface area contributed by atoms with Gasteiger partial charge in [-0.15, -0.1) is 0 Å². The number of nitrogens with zero attached hydrogens (tertiary/aromatic N) is 2. The zero-order valence-corrected chi connectivity index (χ0v) is 12.2. The first-order valence-electron chi connectivity index (χ1n) is 6.27. The van der Waals surface area contributed by atoms with E-state index in [1.165, 1.54) is 16.9 Å². The second-order valence-corrected chi connectivity index (χ2v) is 5.48. The van der Waals surface area contributed by atoms with Crippen molar-refractivity contribution in [2.45, 2.75) is 32.9 Å². The van der Waals surface area contributed by atoms with Gasteiger partial charge in [0.05, 0.1) is 12.9 Å². The lowest BCUT2D eigenvalue weighted by molar-refractivity contribution is 0.0913. The van der Waals surface area contributed by atoms with Crippen LogP contribution in [0.1, 0.15) is 31.3 Å². The Balaban J connectivity index is 2.66. The molecule has 21 heavy (non-hydrogen) atoms. The van der Waals surface area contributed by atoms with Gasteiger partial charge in [-0.3, -0.25) is 9.48 Å². The van der Waals surface area contributed by atoms with Gasteiger partial charge in [0.2, 0.25) is 0 Å². The zero-order valence-electron chi connectivity index (χ0n) is 12.2. The Kier molecular flexibility index (Phi) is 5.45. The van der Waals surface area contributed by atoms with Gasteiger partial charge in [-0.25, -0.2) is 9.18 Å². The Morgan fingerprint density at radius 2 is 2.19 bits per heavy atom. The minimum Gasteiger partial charge on any atom is -0.445 e. The molecule has 0 saturated heterocycles. The van der Waals surface area contributed by atoms with Crippen LogP contribution in [0, 0.1) is 0 Å². The Hall–Kier alpha value is -2.38. The Bertz CT molecular complexity index is 546. The average Bonchev–Trinajstić information content (AvgIpc) is 2.80. The van der Waals surface area contributed by atoms with E-state index in [1.807, 2.05) is 20.8 Å². The van der Waals surface area contributed by atoms with Crippen molar-refractivity contribution >= 4 is 12.0 Å². The van der Waals surface area contributed by atoms with Gasteiger partial charge in [0, 0.05) is 17.3 Å². The number of hydrogen-bond donors (Lipinski definition) is 2. The third-order valence-corrected chi connectivity index (χ3v) is 2.28. The maximum atomic E-state index is 12.7. The average molecular weight is 298 g/mol. The lowest BCUT2D eigenvalue weighted by Crippen LogP contribution is -2.40. The highest BCUT2D eigenvalue weighted by Crippen LogP contribution is 2.05. The summed E-state index contributed by atoms with van der Waals surface area (Å²) in [5.41, 5.74) is 4.82. The zero-order chi connectivity index (χ0) is 16.0. The van der Waals surface area contributed by atoms with Crippen molar-refractivity contribution < 1.29 is 18.7 Å². The number of carbonyl (C=O) groups excluding carboxylic acids is 2. The van der Waals surface area contributed by atoms with Crippen molar-refractivity contribution in [3.8, 4) is 0 Å². The monoisotopic (exact) mass is 298 g/mol. The van der Waals surface area contributed by atoms with Crippen molar-refractivity contribution in [2.24, 2.45) is 5.73 Å². The van der Waals surface area contributed by atoms with Gasteiger partial charge in [-0.2, -0.15) is 5.10 Å². The van der Waals surface area contributed by atoms with E-state index in [9.17, 15) is 14.0 Å². The molecule has 0 unspecified atom stereocenters. The van der Waals surface area contributed by atoms with Gasteiger partial charge in [0.15, 0.2) is 0 Å². The summed E-state index contributed by atoms with van der Waals surface area (Å²) in [7, 11) is 0. The minimum absolute atomic E-state index is 0.0482. The molecule has 2 amide bonds. The topological polar surface area (TPSA) is 99.2 Å². The molecule has 0 bridgehead atoms. The molecular formula is C13H19FN4O3. The third kappa shape index (κ3) is 6.07. The molecule has 1 heterocycles. The number of primary amides is 1. The molecule has 0 saturated carbocycles. The van der Waals surface area contributed by atoms with E-state index in [-0.39, 0.29) is 35.9 Å². The molecular weight excluding hydrogens is 279 g/mol. The van der Waals surface area contributed by atoms with E-state index < -0.39 is 6.09 Å². The summed E-state index contributed by atoms with van der Waals surface area (Å²) in [5.74, 6) is -0.319. The number of nitrogens with one attached hydrogen (secondary N) is 1. The predicted octanol–water partition coefficient (Wildman–Crippen LogP) is 1.36. The van der Waals surface area contributed by atoms with E-state index in [2.05, 4.69) is 15.2 Å². The molecule has 0 aliphatic rings. The van der Waals surface area contributed by atoms with Crippen molar-refractivity contribution in [1.82, 2.24) is 15.1 Å². The van der Waals surface area contributed by atoms with Crippen LogP contribution in [-0.4, -0.2) is 33.9 Å². The molecule has 0 radical (unpaired) electrons. The fraction of sp³-hybridized carbons (Fsp3) is 0.462. The lowest BCUT2D eigenvalue weighted by Gasteiger charge is -2.19. The van der Waals surface area contributed by atoms with Crippen LogP contribution < -0.4 is 11.1 Å². The van der Waals surface area contributed by atoms with E-state index >= 15 is 0 Å². The molecule has 0 aromatic carbocycles. The maximum Gasteiger partial charge on any atom is 0.404 e. The molecule has 116 valence electrons. The first-order valence-corrected chi connectivity index (χ1v) is 6.27. The van der Waals surface area contributed by atoms with Crippen LogP contribution >= 0.6 is 0 Å². The second-order valence-electron chi connectivity index (χ2n) is 5.48. The predicted molar refractivity (Wildman–Crippen MR) is 74.2 cm³/mol. The molecule has 1 rings (SSSR count). The maximum absolute atomic E-state index is 12.7. The Morgan fingerprint density at radius 3 is 2.71 bits per heavy atom. The van der Waals surface area contributed by atoms with Crippen molar-refractivity contribution in [3.05, 3.63) is 29.9 Å². The number of amides is 2. The number of aromatic nitrogens is 2. The highest BCUT2D eigenvalue weighted by atomic mass is 19.1. The molecule has 0 atom stereocenters. The summed E-state index contributed by atoms with van der Waals surface area (Å²) >= 11 is 0. The van der Waals surface area contributed by atoms with Crippen molar-refractivity contribution in [1.29, 1.82) is 0 Å². The SMILES string of the molecule is CC(C)(C)NC(=O)c1ccn(C/C(=C\F)COC(N)=O)n1. The summed E-state index contributed by atoms with van der Waals surface area (Å²) < 4.78 is 18.5. The molecule has 0 aliphatic heterocycles. The van der Waals surface area contributed by atoms with Crippen LogP contribution in [0.2, 0.25) is 0 Å². The van der Waals surface area contributed by atoms with Gasteiger partial charge in [-0.05, 0) is 26.8 Å². The summed E-state index contributed by atoms with van der Waals surface area (Å²) in [6, 6.07) is 1.52. The van der Waals surface area contributed by atoms with Crippen LogP contribution in [0.5, 0.6) is 0 Å². The molecule has 1 aromatic rings. The summed E-state index contributed by atoms with van der Waals surface area (Å²) in [4.78, 5) is 22.4. The fourth-order valence-electron chi connectivity index (χ4n) is 1.46. The van der Waals surface area contributed by atoms with Crippen LogP contribution in [0.15, 0.2) is 24.2 Å². The Labute approximate surface area is 121 Å². The number of rotatable bonds is 5. The molecule has 8 heteroatoms. The quantitative estimate of drug-likeness (QED) is 0.857. The van der Waals surface area contributed by atoms with Crippen molar-refractivity contribution in [2.75, 3.05) is 6.61 Å². The summed E-state index contributed by atoms with van der Waals surface area (Å²) in [5, 5.41) is 6.80. The standard InChI is InChI=1S/C13H19FN4O3/c1-13(2,3)16-11(19)10-4-5-18(17-10)7-9(6-14)8-21-12(15)20/h4-6H,7-8H2,1-3H3,(H2,15,20)(H,16,19)/b9-6+. The summed E-state index contributed by atoms with van der Waals surface area (Å²) in [6.45, 7) is 5.34. The van der Waals surface area contributed by atoms with Crippen LogP contribution in [0.4, 0.5) is 9.18 Å². The first kappa shape index (κ1) is 16.7. The van der Waals surface area contributed by atoms with Crippen LogP contribution in [-0.2, 0) is 11.3 Å². The lowest BCUT2D eigenvalue weighted by atomic mass is 10.1. The highest BCUT2D eigenvalue weighted by Gasteiger charge is 2.17. The van der Waals surface area contributed by atoms with E-state index in [0.29, 0.717) is 6.33 Å². The first-order chi connectivity index (χ1) is 9.71. The second kappa shape index (κ2) is 6.87. The van der Waals surface area contributed by atoms with E-state index in [0.717, 1.165) is 0 Å². The van der Waals surface area contributed by atoms with Crippen LogP contribution in [0.3, 0.4) is 0 Å². The van der Waals surface area contributed by atoms with Gasteiger partial charge >= 0.3 is 6.09 Å². The van der Waals surface area contributed by atoms with Gasteiger partial charge in [0.25, 0.3) is 5.91 Å². The molecule has 3 N–H and O–H groups in total. The fourth-order valence-corrected chi connectivity index (χ4v) is 1.46. The highest BCUT2D eigenvalue weighted by molar-refractivity contribution is 5.92. The molecule has 0 aliphatic carbocycles. The number of halogens is 1. The number of nitrogens with two attached hydrogens (primary N) is 1. The van der Waals surface area contributed by atoms with Crippen LogP contribution in [0.25, 0.3) is 0 Å². The van der Waals surface area contributed by atoms with Gasteiger partial charge in [-0.1, -0.05) is 0 Å². The summed E-state index contributed by atoms with van der Waals surface area (Å²) in [6.07, 6.45) is 0.866. The number of hydrogen-bond acceptors (Lipinski definition) is 4. The largest absolute Gasteiger partial charge is 0.445 e.